The Morgan fingerprint density at radius 1 is 1.18 bits per heavy atom. The first-order chi connectivity index (χ1) is 10.7. The van der Waals surface area contributed by atoms with Gasteiger partial charge < -0.3 is 5.32 Å². The van der Waals surface area contributed by atoms with Crippen molar-refractivity contribution in [3.05, 3.63) is 57.8 Å². The van der Waals surface area contributed by atoms with E-state index in [-0.39, 0.29) is 0 Å². The maximum Gasteiger partial charge on any atom is 0.0685 e. The van der Waals surface area contributed by atoms with Crippen LogP contribution in [0.25, 0.3) is 0 Å². The fourth-order valence-electron chi connectivity index (χ4n) is 3.71. The van der Waals surface area contributed by atoms with Gasteiger partial charge in [0.1, 0.15) is 0 Å². The van der Waals surface area contributed by atoms with Gasteiger partial charge in [0.15, 0.2) is 0 Å². The van der Waals surface area contributed by atoms with Crippen molar-refractivity contribution in [2.45, 2.75) is 31.3 Å². The molecule has 2 aliphatic heterocycles. The van der Waals surface area contributed by atoms with E-state index in [1.165, 1.54) is 24.0 Å². The summed E-state index contributed by atoms with van der Waals surface area (Å²) in [6.45, 7) is 0.828. The molecule has 1 aromatic carbocycles. The molecule has 1 saturated heterocycles. The number of nitrogens with zero attached hydrogens (tertiary/aromatic N) is 2. The van der Waals surface area contributed by atoms with E-state index in [4.69, 9.17) is 23.2 Å². The maximum absolute atomic E-state index is 6.08. The number of nitrogens with one attached hydrogen (secondary N) is 1. The first-order valence-corrected chi connectivity index (χ1v) is 8.35. The van der Waals surface area contributed by atoms with Crippen LogP contribution in [0.15, 0.2) is 36.7 Å². The summed E-state index contributed by atoms with van der Waals surface area (Å²) in [6, 6.07) is 8.97. The summed E-state index contributed by atoms with van der Waals surface area (Å²) < 4.78 is 0. The average molecular weight is 334 g/mol. The smallest absolute Gasteiger partial charge is 0.0685 e. The largest absolute Gasteiger partial charge is 0.372 e. The molecule has 0 amide bonds. The van der Waals surface area contributed by atoms with Crippen molar-refractivity contribution < 1.29 is 0 Å². The highest BCUT2D eigenvalue weighted by atomic mass is 35.5. The van der Waals surface area contributed by atoms with Crippen molar-refractivity contribution >= 4 is 28.9 Å². The molecule has 0 spiro atoms. The standard InChI is InChI=1S/C17H17Cl2N3/c18-15-3-1-12(8-16(15)19)21-10-22-13-2-4-17(22)14-5-6-20-9-11(14)7-13/h1,3,5-6,8-9,13,17,21H,2,4,7,10H2. The van der Waals surface area contributed by atoms with Crippen molar-refractivity contribution in [3.8, 4) is 0 Å². The first-order valence-electron chi connectivity index (χ1n) is 7.60. The van der Waals surface area contributed by atoms with Crippen LogP contribution in [-0.4, -0.2) is 22.6 Å². The van der Waals surface area contributed by atoms with E-state index >= 15 is 0 Å². The van der Waals surface area contributed by atoms with E-state index in [0.29, 0.717) is 22.1 Å². The van der Waals surface area contributed by atoms with E-state index in [1.54, 1.807) is 0 Å². The van der Waals surface area contributed by atoms with Crippen LogP contribution in [0.4, 0.5) is 5.69 Å². The number of halogens is 2. The van der Waals surface area contributed by atoms with Gasteiger partial charge in [-0.15, -0.1) is 0 Å². The van der Waals surface area contributed by atoms with Crippen LogP contribution in [0.2, 0.25) is 10.0 Å². The lowest BCUT2D eigenvalue weighted by atomic mass is 9.95. The summed E-state index contributed by atoms with van der Waals surface area (Å²) in [7, 11) is 0. The normalized spacial score (nSPS) is 23.4. The zero-order valence-corrected chi connectivity index (χ0v) is 13.6. The van der Waals surface area contributed by atoms with Gasteiger partial charge in [-0.05, 0) is 54.7 Å². The number of rotatable bonds is 3. The minimum atomic E-state index is 0.507. The molecule has 2 atom stereocenters. The molecule has 1 aromatic heterocycles. The van der Waals surface area contributed by atoms with E-state index in [0.717, 1.165) is 18.8 Å². The van der Waals surface area contributed by atoms with Gasteiger partial charge in [0.05, 0.1) is 16.7 Å². The first kappa shape index (κ1) is 14.3. The molecule has 4 rings (SSSR count). The summed E-state index contributed by atoms with van der Waals surface area (Å²) >= 11 is 12.0. The third kappa shape index (κ3) is 2.47. The van der Waals surface area contributed by atoms with Crippen LogP contribution >= 0.6 is 23.2 Å². The summed E-state index contributed by atoms with van der Waals surface area (Å²) in [4.78, 5) is 6.83. The minimum Gasteiger partial charge on any atom is -0.372 e. The zero-order chi connectivity index (χ0) is 15.1. The van der Waals surface area contributed by atoms with Crippen LogP contribution in [0.3, 0.4) is 0 Å². The fourth-order valence-corrected chi connectivity index (χ4v) is 4.00. The molecule has 2 unspecified atom stereocenters. The number of benzene rings is 1. The average Bonchev–Trinajstić information content (AvgIpc) is 2.82. The van der Waals surface area contributed by atoms with E-state index in [2.05, 4.69) is 21.3 Å². The monoisotopic (exact) mass is 333 g/mol. The van der Waals surface area contributed by atoms with Crippen LogP contribution < -0.4 is 5.32 Å². The predicted octanol–water partition coefficient (Wildman–Crippen LogP) is 4.52. The van der Waals surface area contributed by atoms with Gasteiger partial charge in [-0.1, -0.05) is 23.2 Å². The maximum atomic E-state index is 6.08. The van der Waals surface area contributed by atoms with Crippen molar-refractivity contribution in [2.75, 3.05) is 12.0 Å². The van der Waals surface area contributed by atoms with Gasteiger partial charge in [-0.2, -0.15) is 0 Å². The Balaban J connectivity index is 1.51. The zero-order valence-electron chi connectivity index (χ0n) is 12.1. The van der Waals surface area contributed by atoms with Crippen molar-refractivity contribution in [1.29, 1.82) is 0 Å². The van der Waals surface area contributed by atoms with Crippen molar-refractivity contribution in [1.82, 2.24) is 9.88 Å². The van der Waals surface area contributed by atoms with Gasteiger partial charge in [0.25, 0.3) is 0 Å². The fraction of sp³-hybridized carbons (Fsp3) is 0.353. The highest BCUT2D eigenvalue weighted by Gasteiger charge is 2.39. The number of hydrogen-bond acceptors (Lipinski definition) is 3. The Morgan fingerprint density at radius 3 is 2.95 bits per heavy atom. The number of hydrogen-bond donors (Lipinski definition) is 1. The lowest BCUT2D eigenvalue weighted by molar-refractivity contribution is 0.191. The molecule has 0 aliphatic carbocycles. The summed E-state index contributed by atoms with van der Waals surface area (Å²) in [6.07, 6.45) is 7.52. The molecule has 1 N–H and O–H groups in total. The molecule has 0 saturated carbocycles. The van der Waals surface area contributed by atoms with Crippen molar-refractivity contribution in [3.63, 3.8) is 0 Å². The molecule has 3 heterocycles. The second kappa shape index (κ2) is 5.73. The molecule has 114 valence electrons. The molecule has 0 radical (unpaired) electrons. The second-order valence-electron chi connectivity index (χ2n) is 6.00. The van der Waals surface area contributed by atoms with Crippen LogP contribution in [0.5, 0.6) is 0 Å². The Bertz CT molecular complexity index is 704. The summed E-state index contributed by atoms with van der Waals surface area (Å²) in [5.74, 6) is 0. The Labute approximate surface area is 140 Å². The quantitative estimate of drug-likeness (QED) is 0.894. The van der Waals surface area contributed by atoms with Crippen molar-refractivity contribution in [2.24, 2.45) is 0 Å². The van der Waals surface area contributed by atoms with Gasteiger partial charge >= 0.3 is 0 Å². The van der Waals surface area contributed by atoms with Crippen LogP contribution in [0.1, 0.15) is 30.0 Å². The number of anilines is 1. The van der Waals surface area contributed by atoms with Gasteiger partial charge in [0.2, 0.25) is 0 Å². The molecular weight excluding hydrogens is 317 g/mol. The molecule has 1 fully saturated rings. The third-order valence-corrected chi connectivity index (χ3v) is 5.52. The molecule has 2 aliphatic rings. The Kier molecular flexibility index (Phi) is 3.73. The molecule has 5 heteroatoms. The van der Waals surface area contributed by atoms with Crippen LogP contribution in [0, 0.1) is 0 Å². The van der Waals surface area contributed by atoms with E-state index < -0.39 is 0 Å². The topological polar surface area (TPSA) is 28.2 Å². The third-order valence-electron chi connectivity index (χ3n) is 4.78. The minimum absolute atomic E-state index is 0.507. The van der Waals surface area contributed by atoms with E-state index in [1.807, 2.05) is 30.6 Å². The molecular formula is C17H17Cl2N3. The number of fused-ring (bicyclic) bond motifs is 4. The predicted molar refractivity (Wildman–Crippen MR) is 90.5 cm³/mol. The number of aromatic nitrogens is 1. The lowest BCUT2D eigenvalue weighted by Gasteiger charge is -2.36. The highest BCUT2D eigenvalue weighted by molar-refractivity contribution is 6.42. The highest BCUT2D eigenvalue weighted by Crippen LogP contribution is 2.43. The molecule has 3 nitrogen and oxygen atoms in total. The molecule has 2 aromatic rings. The summed E-state index contributed by atoms with van der Waals surface area (Å²) in [5.41, 5.74) is 3.87. The van der Waals surface area contributed by atoms with Gasteiger partial charge in [-0.25, -0.2) is 0 Å². The molecule has 22 heavy (non-hydrogen) atoms. The van der Waals surface area contributed by atoms with Gasteiger partial charge in [-0.3, -0.25) is 9.88 Å². The number of pyridine rings is 1. The molecule has 2 bridgehead atoms. The lowest BCUT2D eigenvalue weighted by Crippen LogP contribution is -2.40. The second-order valence-corrected chi connectivity index (χ2v) is 6.82. The van der Waals surface area contributed by atoms with E-state index in [9.17, 15) is 0 Å². The van der Waals surface area contributed by atoms with Crippen LogP contribution in [-0.2, 0) is 6.42 Å². The Morgan fingerprint density at radius 2 is 2.09 bits per heavy atom. The SMILES string of the molecule is Clc1ccc(NCN2C3CCC2c2ccncc2C3)cc1Cl. The van der Waals surface area contributed by atoms with Gasteiger partial charge in [0, 0.05) is 30.2 Å². The Hall–Kier alpha value is -1.29. The summed E-state index contributed by atoms with van der Waals surface area (Å²) in [5, 5.41) is 4.66.